The van der Waals surface area contributed by atoms with Crippen LogP contribution in [0.25, 0.3) is 10.9 Å². The Hall–Kier alpha value is -1.68. The number of H-pyrrole nitrogens is 1. The van der Waals surface area contributed by atoms with E-state index in [9.17, 15) is 4.79 Å². The summed E-state index contributed by atoms with van der Waals surface area (Å²) in [6, 6.07) is 5.07. The smallest absolute Gasteiger partial charge is 0.409 e. The molecule has 0 aliphatic carbocycles. The molecule has 0 bridgehead atoms. The average Bonchev–Trinajstić information content (AvgIpc) is 2.58. The molecule has 5 heteroatoms. The van der Waals surface area contributed by atoms with Gasteiger partial charge in [0, 0.05) is 11.6 Å². The van der Waals surface area contributed by atoms with Gasteiger partial charge in [0.05, 0.1) is 16.2 Å². The van der Waals surface area contributed by atoms with Crippen LogP contribution in [0.4, 0.5) is 10.5 Å². The van der Waals surface area contributed by atoms with Crippen LogP contribution in [-0.4, -0.2) is 16.2 Å². The van der Waals surface area contributed by atoms with E-state index in [1.807, 2.05) is 0 Å². The second-order valence-electron chi connectivity index (χ2n) is 2.79. The SMILES string of the molecule is O=C(O)Nc1ccc(Cl)c2cc[nH]c12. The highest BCUT2D eigenvalue weighted by Gasteiger charge is 2.07. The van der Waals surface area contributed by atoms with Gasteiger partial charge in [-0.3, -0.25) is 5.32 Å². The topological polar surface area (TPSA) is 65.1 Å². The number of rotatable bonds is 1. The number of benzene rings is 1. The third kappa shape index (κ3) is 1.40. The van der Waals surface area contributed by atoms with Gasteiger partial charge in [0.15, 0.2) is 0 Å². The van der Waals surface area contributed by atoms with Gasteiger partial charge in [-0.1, -0.05) is 11.6 Å². The largest absolute Gasteiger partial charge is 0.465 e. The Kier molecular flexibility index (Phi) is 2.05. The number of fused-ring (bicyclic) bond motifs is 1. The van der Waals surface area contributed by atoms with Crippen molar-refractivity contribution in [3.05, 3.63) is 29.4 Å². The Morgan fingerprint density at radius 3 is 2.93 bits per heavy atom. The normalized spacial score (nSPS) is 10.4. The van der Waals surface area contributed by atoms with Crippen molar-refractivity contribution in [2.45, 2.75) is 0 Å². The molecule has 0 atom stereocenters. The van der Waals surface area contributed by atoms with Crippen molar-refractivity contribution in [2.24, 2.45) is 0 Å². The van der Waals surface area contributed by atoms with E-state index in [1.165, 1.54) is 0 Å². The number of hydrogen-bond donors (Lipinski definition) is 3. The first kappa shape index (κ1) is 8.90. The summed E-state index contributed by atoms with van der Waals surface area (Å²) < 4.78 is 0. The molecule has 0 aliphatic rings. The molecule has 1 aromatic carbocycles. The van der Waals surface area contributed by atoms with Gasteiger partial charge >= 0.3 is 6.09 Å². The third-order valence-corrected chi connectivity index (χ3v) is 2.24. The number of anilines is 1. The van der Waals surface area contributed by atoms with Crippen LogP contribution in [0.5, 0.6) is 0 Å². The Morgan fingerprint density at radius 1 is 1.43 bits per heavy atom. The van der Waals surface area contributed by atoms with E-state index in [0.717, 1.165) is 5.39 Å². The summed E-state index contributed by atoms with van der Waals surface area (Å²) in [5, 5.41) is 12.3. The first-order chi connectivity index (χ1) is 6.68. The second kappa shape index (κ2) is 3.23. The van der Waals surface area contributed by atoms with E-state index >= 15 is 0 Å². The minimum absolute atomic E-state index is 0.502. The molecule has 4 nitrogen and oxygen atoms in total. The molecule has 0 fully saturated rings. The van der Waals surface area contributed by atoms with Crippen molar-refractivity contribution in [2.75, 3.05) is 5.32 Å². The summed E-state index contributed by atoms with van der Waals surface area (Å²) in [7, 11) is 0. The van der Waals surface area contributed by atoms with Crippen molar-refractivity contribution in [1.29, 1.82) is 0 Å². The molecule has 0 saturated heterocycles. The first-order valence-electron chi connectivity index (χ1n) is 3.94. The van der Waals surface area contributed by atoms with Gasteiger partial charge in [0.2, 0.25) is 0 Å². The number of hydrogen-bond acceptors (Lipinski definition) is 1. The second-order valence-corrected chi connectivity index (χ2v) is 3.20. The number of carbonyl (C=O) groups is 1. The highest BCUT2D eigenvalue weighted by atomic mass is 35.5. The van der Waals surface area contributed by atoms with Gasteiger partial charge in [-0.25, -0.2) is 4.79 Å². The Morgan fingerprint density at radius 2 is 2.21 bits per heavy atom. The van der Waals surface area contributed by atoms with Gasteiger partial charge in [0.25, 0.3) is 0 Å². The van der Waals surface area contributed by atoms with Crippen LogP contribution >= 0.6 is 11.6 Å². The Bertz CT molecular complexity index is 493. The lowest BCUT2D eigenvalue weighted by atomic mass is 10.2. The molecule has 0 aliphatic heterocycles. The van der Waals surface area contributed by atoms with E-state index in [0.29, 0.717) is 16.2 Å². The summed E-state index contributed by atoms with van der Waals surface area (Å²) in [6.45, 7) is 0. The van der Waals surface area contributed by atoms with Crippen LogP contribution in [0.2, 0.25) is 5.02 Å². The zero-order chi connectivity index (χ0) is 10.1. The number of aromatic nitrogens is 1. The lowest BCUT2D eigenvalue weighted by Gasteiger charge is -2.03. The number of aromatic amines is 1. The fourth-order valence-corrected chi connectivity index (χ4v) is 1.56. The molecule has 3 N–H and O–H groups in total. The van der Waals surface area contributed by atoms with Gasteiger partial charge in [-0.05, 0) is 18.2 Å². The minimum Gasteiger partial charge on any atom is -0.465 e. The molecule has 14 heavy (non-hydrogen) atoms. The van der Waals surface area contributed by atoms with Crippen LogP contribution in [0, 0.1) is 0 Å². The Balaban J connectivity index is 2.60. The van der Waals surface area contributed by atoms with Gasteiger partial charge < -0.3 is 10.1 Å². The number of carboxylic acid groups (broad SMARTS) is 1. The number of amides is 1. The number of halogens is 1. The molecular weight excluding hydrogens is 204 g/mol. The van der Waals surface area contributed by atoms with Crippen LogP contribution < -0.4 is 5.32 Å². The average molecular weight is 211 g/mol. The van der Waals surface area contributed by atoms with Crippen molar-refractivity contribution in [3.63, 3.8) is 0 Å². The van der Waals surface area contributed by atoms with Gasteiger partial charge in [-0.2, -0.15) is 0 Å². The summed E-state index contributed by atoms with van der Waals surface area (Å²) in [6.07, 6.45) is 0.618. The van der Waals surface area contributed by atoms with Gasteiger partial charge in [-0.15, -0.1) is 0 Å². The van der Waals surface area contributed by atoms with Crippen LogP contribution in [0.1, 0.15) is 0 Å². The molecule has 2 rings (SSSR count). The lowest BCUT2D eigenvalue weighted by molar-refractivity contribution is 0.210. The van der Waals surface area contributed by atoms with Crippen molar-refractivity contribution in [1.82, 2.24) is 4.98 Å². The summed E-state index contributed by atoms with van der Waals surface area (Å²) in [5.41, 5.74) is 1.20. The maximum absolute atomic E-state index is 10.5. The molecule has 0 spiro atoms. The van der Waals surface area contributed by atoms with E-state index < -0.39 is 6.09 Å². The molecule has 1 aromatic heterocycles. The maximum atomic E-state index is 10.5. The van der Waals surface area contributed by atoms with Crippen LogP contribution in [0.3, 0.4) is 0 Å². The molecular formula is C9H7ClN2O2. The first-order valence-corrected chi connectivity index (χ1v) is 4.32. The fourth-order valence-electron chi connectivity index (χ4n) is 1.34. The van der Waals surface area contributed by atoms with E-state index in [2.05, 4.69) is 10.3 Å². The molecule has 72 valence electrons. The molecule has 0 unspecified atom stereocenters. The highest BCUT2D eigenvalue weighted by Crippen LogP contribution is 2.28. The summed E-state index contributed by atoms with van der Waals surface area (Å²) in [5.74, 6) is 0. The van der Waals surface area contributed by atoms with E-state index in [4.69, 9.17) is 16.7 Å². The molecule has 1 amide bonds. The molecule has 0 radical (unpaired) electrons. The monoisotopic (exact) mass is 210 g/mol. The zero-order valence-corrected chi connectivity index (χ0v) is 7.80. The Labute approximate surface area is 84.5 Å². The minimum atomic E-state index is -1.09. The van der Waals surface area contributed by atoms with Crippen molar-refractivity contribution in [3.8, 4) is 0 Å². The van der Waals surface area contributed by atoms with Crippen LogP contribution in [-0.2, 0) is 0 Å². The summed E-state index contributed by atoms with van der Waals surface area (Å²) >= 11 is 5.91. The predicted molar refractivity (Wildman–Crippen MR) is 55.0 cm³/mol. The molecule has 0 saturated carbocycles. The predicted octanol–water partition coefficient (Wildman–Crippen LogP) is 2.91. The van der Waals surface area contributed by atoms with Gasteiger partial charge in [0.1, 0.15) is 0 Å². The number of nitrogens with one attached hydrogen (secondary N) is 2. The standard InChI is InChI=1S/C9H7ClN2O2/c10-6-1-2-7(12-9(13)14)8-5(6)3-4-11-8/h1-4,11-12H,(H,13,14). The summed E-state index contributed by atoms with van der Waals surface area (Å²) in [4.78, 5) is 13.4. The van der Waals surface area contributed by atoms with Crippen LogP contribution in [0.15, 0.2) is 24.4 Å². The van der Waals surface area contributed by atoms with Crippen molar-refractivity contribution >= 4 is 34.3 Å². The quantitative estimate of drug-likeness (QED) is 0.678. The molecule has 2 aromatic rings. The fraction of sp³-hybridized carbons (Fsp3) is 0. The third-order valence-electron chi connectivity index (χ3n) is 1.91. The maximum Gasteiger partial charge on any atom is 0.409 e. The van der Waals surface area contributed by atoms with Crippen molar-refractivity contribution < 1.29 is 9.90 Å². The van der Waals surface area contributed by atoms with E-state index in [-0.39, 0.29) is 0 Å². The lowest BCUT2D eigenvalue weighted by Crippen LogP contribution is -2.07. The molecule has 1 heterocycles. The zero-order valence-electron chi connectivity index (χ0n) is 7.04. The highest BCUT2D eigenvalue weighted by molar-refractivity contribution is 6.36. The van der Waals surface area contributed by atoms with E-state index in [1.54, 1.807) is 24.4 Å².